The fraction of sp³-hybridized carbons (Fsp3) is 0.533. The Morgan fingerprint density at radius 1 is 1.33 bits per heavy atom. The molecule has 0 aromatic heterocycles. The number of nitrogens with zero attached hydrogens (tertiary/aromatic N) is 1. The average molecular weight is 293 g/mol. The monoisotopic (exact) mass is 293 g/mol. The Kier molecular flexibility index (Phi) is 6.14. The van der Waals surface area contributed by atoms with Gasteiger partial charge in [-0.3, -0.25) is 14.9 Å². The van der Waals surface area contributed by atoms with Gasteiger partial charge >= 0.3 is 0 Å². The van der Waals surface area contributed by atoms with Crippen LogP contribution in [0.3, 0.4) is 0 Å². The van der Waals surface area contributed by atoms with Gasteiger partial charge in [0.05, 0.1) is 4.92 Å². The third kappa shape index (κ3) is 4.18. The molecule has 0 fully saturated rings. The molecule has 0 aliphatic carbocycles. The highest BCUT2D eigenvalue weighted by molar-refractivity contribution is 5.95. The molecule has 6 nitrogen and oxygen atoms in total. The standard InChI is InChI=1S/C15H23N3O3/c1-5-11(6-2)10(3)17-13-9-12(15(19)16-4)7-8-14(13)18(20)21/h7-11,17H,5-6H2,1-4H3,(H,16,19). The van der Waals surface area contributed by atoms with Crippen LogP contribution in [0, 0.1) is 16.0 Å². The van der Waals surface area contributed by atoms with Crippen molar-refractivity contribution in [3.8, 4) is 0 Å². The summed E-state index contributed by atoms with van der Waals surface area (Å²) >= 11 is 0. The summed E-state index contributed by atoms with van der Waals surface area (Å²) in [5, 5.41) is 16.8. The van der Waals surface area contributed by atoms with Crippen LogP contribution in [-0.2, 0) is 0 Å². The summed E-state index contributed by atoms with van der Waals surface area (Å²) in [5.74, 6) is 0.163. The first-order valence-corrected chi connectivity index (χ1v) is 7.21. The van der Waals surface area contributed by atoms with Gasteiger partial charge < -0.3 is 10.6 Å². The van der Waals surface area contributed by atoms with Crippen LogP contribution in [0.1, 0.15) is 44.0 Å². The van der Waals surface area contributed by atoms with Gasteiger partial charge in [-0.15, -0.1) is 0 Å². The van der Waals surface area contributed by atoms with Crippen LogP contribution >= 0.6 is 0 Å². The SMILES string of the molecule is CCC(CC)C(C)Nc1cc(C(=O)NC)ccc1[N+](=O)[O-]. The Hall–Kier alpha value is -2.11. The Bertz CT molecular complexity index is 513. The maximum absolute atomic E-state index is 11.7. The van der Waals surface area contributed by atoms with Crippen molar-refractivity contribution in [1.82, 2.24) is 5.32 Å². The van der Waals surface area contributed by atoms with E-state index in [-0.39, 0.29) is 17.6 Å². The topological polar surface area (TPSA) is 84.3 Å². The van der Waals surface area contributed by atoms with Crippen LogP contribution in [0.5, 0.6) is 0 Å². The Balaban J connectivity index is 3.11. The van der Waals surface area contributed by atoms with Gasteiger partial charge in [0.2, 0.25) is 0 Å². The quantitative estimate of drug-likeness (QED) is 0.597. The summed E-state index contributed by atoms with van der Waals surface area (Å²) in [4.78, 5) is 22.4. The van der Waals surface area contributed by atoms with Crippen molar-refractivity contribution in [2.24, 2.45) is 5.92 Å². The number of nitro groups is 1. The van der Waals surface area contributed by atoms with Crippen LogP contribution < -0.4 is 10.6 Å². The number of hydrogen-bond donors (Lipinski definition) is 2. The van der Waals surface area contributed by atoms with Crippen molar-refractivity contribution in [2.75, 3.05) is 12.4 Å². The molecule has 1 amide bonds. The highest BCUT2D eigenvalue weighted by Gasteiger charge is 2.20. The smallest absolute Gasteiger partial charge is 0.292 e. The molecule has 2 N–H and O–H groups in total. The number of nitrogens with one attached hydrogen (secondary N) is 2. The minimum Gasteiger partial charge on any atom is -0.377 e. The van der Waals surface area contributed by atoms with Crippen LogP contribution in [0.15, 0.2) is 18.2 Å². The summed E-state index contributed by atoms with van der Waals surface area (Å²) in [6.07, 6.45) is 1.99. The summed E-state index contributed by atoms with van der Waals surface area (Å²) < 4.78 is 0. The minimum atomic E-state index is -0.435. The lowest BCUT2D eigenvalue weighted by molar-refractivity contribution is -0.384. The van der Waals surface area contributed by atoms with Gasteiger partial charge in [0.1, 0.15) is 5.69 Å². The molecule has 0 radical (unpaired) electrons. The molecule has 0 saturated carbocycles. The van der Waals surface area contributed by atoms with E-state index in [2.05, 4.69) is 24.5 Å². The van der Waals surface area contributed by atoms with Gasteiger partial charge in [-0.25, -0.2) is 0 Å². The second kappa shape index (κ2) is 7.61. The molecule has 1 unspecified atom stereocenters. The molecule has 1 aromatic rings. The number of amides is 1. The molecule has 0 heterocycles. The van der Waals surface area contributed by atoms with Crippen LogP contribution in [-0.4, -0.2) is 23.9 Å². The molecule has 1 rings (SSSR count). The van der Waals surface area contributed by atoms with Crippen molar-refractivity contribution in [3.05, 3.63) is 33.9 Å². The third-order valence-electron chi connectivity index (χ3n) is 3.82. The van der Waals surface area contributed by atoms with Gasteiger partial charge in [-0.1, -0.05) is 26.7 Å². The van der Waals surface area contributed by atoms with E-state index in [4.69, 9.17) is 0 Å². The highest BCUT2D eigenvalue weighted by atomic mass is 16.6. The van der Waals surface area contributed by atoms with E-state index >= 15 is 0 Å². The molecule has 0 saturated heterocycles. The molecular weight excluding hydrogens is 270 g/mol. The summed E-state index contributed by atoms with van der Waals surface area (Å²) in [6, 6.07) is 4.46. The third-order valence-corrected chi connectivity index (χ3v) is 3.82. The molecule has 0 aliphatic rings. The van der Waals surface area contributed by atoms with Crippen molar-refractivity contribution >= 4 is 17.3 Å². The van der Waals surface area contributed by atoms with Gasteiger partial charge in [-0.2, -0.15) is 0 Å². The maximum atomic E-state index is 11.7. The second-order valence-corrected chi connectivity index (χ2v) is 5.08. The number of rotatable bonds is 7. The zero-order valence-electron chi connectivity index (χ0n) is 13.0. The molecular formula is C15H23N3O3. The van der Waals surface area contributed by atoms with E-state index in [1.54, 1.807) is 0 Å². The van der Waals surface area contributed by atoms with Crippen molar-refractivity contribution in [3.63, 3.8) is 0 Å². The maximum Gasteiger partial charge on any atom is 0.292 e. The summed E-state index contributed by atoms with van der Waals surface area (Å²) in [5.41, 5.74) is 0.781. The van der Waals surface area contributed by atoms with Crippen molar-refractivity contribution < 1.29 is 9.72 Å². The Labute approximate surface area is 125 Å². The fourth-order valence-corrected chi connectivity index (χ4v) is 2.46. The number of carbonyl (C=O) groups is 1. The predicted molar refractivity (Wildman–Crippen MR) is 83.6 cm³/mol. The fourth-order valence-electron chi connectivity index (χ4n) is 2.46. The van der Waals surface area contributed by atoms with Crippen LogP contribution in [0.2, 0.25) is 0 Å². The number of carbonyl (C=O) groups excluding carboxylic acids is 1. The molecule has 0 spiro atoms. The summed E-state index contributed by atoms with van der Waals surface area (Å²) in [6.45, 7) is 6.21. The zero-order valence-corrected chi connectivity index (χ0v) is 13.0. The largest absolute Gasteiger partial charge is 0.377 e. The van der Waals surface area contributed by atoms with Gasteiger partial charge in [0.15, 0.2) is 0 Å². The normalized spacial score (nSPS) is 12.0. The lowest BCUT2D eigenvalue weighted by Crippen LogP contribution is -2.26. The van der Waals surface area contributed by atoms with Crippen LogP contribution in [0.4, 0.5) is 11.4 Å². The molecule has 21 heavy (non-hydrogen) atoms. The predicted octanol–water partition coefficient (Wildman–Crippen LogP) is 3.19. The van der Waals surface area contributed by atoms with Crippen molar-refractivity contribution in [2.45, 2.75) is 39.7 Å². The van der Waals surface area contributed by atoms with E-state index in [0.717, 1.165) is 12.8 Å². The van der Waals surface area contributed by atoms with Gasteiger partial charge in [0, 0.05) is 24.7 Å². The number of hydrogen-bond acceptors (Lipinski definition) is 4. The zero-order chi connectivity index (χ0) is 16.0. The summed E-state index contributed by atoms with van der Waals surface area (Å²) in [7, 11) is 1.53. The average Bonchev–Trinajstić information content (AvgIpc) is 2.47. The first-order valence-electron chi connectivity index (χ1n) is 7.21. The van der Waals surface area contributed by atoms with Gasteiger partial charge in [0.25, 0.3) is 11.6 Å². The number of benzene rings is 1. The first-order chi connectivity index (χ1) is 9.94. The van der Waals surface area contributed by atoms with Gasteiger partial charge in [-0.05, 0) is 25.0 Å². The molecule has 0 aliphatic heterocycles. The van der Waals surface area contributed by atoms with Crippen molar-refractivity contribution in [1.29, 1.82) is 0 Å². The van der Waals surface area contributed by atoms with E-state index in [0.29, 0.717) is 17.2 Å². The van der Waals surface area contributed by atoms with E-state index in [1.165, 1.54) is 25.2 Å². The number of nitro benzene ring substituents is 1. The molecule has 0 bridgehead atoms. The minimum absolute atomic E-state index is 0.0135. The molecule has 6 heteroatoms. The van der Waals surface area contributed by atoms with E-state index in [1.807, 2.05) is 6.92 Å². The van der Waals surface area contributed by atoms with Crippen LogP contribution in [0.25, 0.3) is 0 Å². The Morgan fingerprint density at radius 2 is 1.95 bits per heavy atom. The van der Waals surface area contributed by atoms with E-state index in [9.17, 15) is 14.9 Å². The van der Waals surface area contributed by atoms with E-state index < -0.39 is 4.92 Å². The molecule has 1 aromatic carbocycles. The lowest BCUT2D eigenvalue weighted by Gasteiger charge is -2.23. The number of anilines is 1. The lowest BCUT2D eigenvalue weighted by atomic mass is 9.95. The second-order valence-electron chi connectivity index (χ2n) is 5.08. The Morgan fingerprint density at radius 3 is 2.43 bits per heavy atom. The molecule has 1 atom stereocenters. The first kappa shape index (κ1) is 16.9. The highest BCUT2D eigenvalue weighted by Crippen LogP contribution is 2.28. The molecule has 116 valence electrons.